The molecule has 5 rings (SSSR count). The molecule has 0 aliphatic carbocycles. The second-order valence-corrected chi connectivity index (χ2v) is 14.2. The zero-order valence-electron chi connectivity index (χ0n) is 29.2. The Balaban J connectivity index is 1.26. The second-order valence-electron chi connectivity index (χ2n) is 12.8. The Labute approximate surface area is 293 Å². The molecule has 2 heterocycles. The summed E-state index contributed by atoms with van der Waals surface area (Å²) in [6.07, 6.45) is 7.45. The Morgan fingerprint density at radius 3 is 2.49 bits per heavy atom. The van der Waals surface area contributed by atoms with Gasteiger partial charge >= 0.3 is 0 Å². The summed E-state index contributed by atoms with van der Waals surface area (Å²) in [6, 6.07) is 21.8. The van der Waals surface area contributed by atoms with Gasteiger partial charge in [-0.3, -0.25) is 4.79 Å². The molecular weight excluding hydrogens is 635 g/mol. The van der Waals surface area contributed by atoms with Crippen molar-refractivity contribution in [3.8, 4) is 16.9 Å². The maximum Gasteiger partial charge on any atom is 0.251 e. The average molecular weight is 684 g/mol. The first kappa shape index (κ1) is 36.2. The molecule has 0 radical (unpaired) electrons. The number of hydrogen-bond donors (Lipinski definition) is 1. The third kappa shape index (κ3) is 10.4. The van der Waals surface area contributed by atoms with Crippen LogP contribution in [-0.2, 0) is 33.0 Å². The van der Waals surface area contributed by atoms with Crippen molar-refractivity contribution in [2.24, 2.45) is 5.92 Å². The Bertz CT molecular complexity index is 1670. The second kappa shape index (κ2) is 18.0. The van der Waals surface area contributed by atoms with Crippen LogP contribution in [0.1, 0.15) is 64.6 Å². The smallest absolute Gasteiger partial charge is 0.251 e. The van der Waals surface area contributed by atoms with Gasteiger partial charge in [-0.2, -0.15) is 15.0 Å². The van der Waals surface area contributed by atoms with Crippen molar-refractivity contribution >= 4 is 34.5 Å². The van der Waals surface area contributed by atoms with Crippen LogP contribution >= 0.6 is 0 Å². The molecule has 3 aromatic carbocycles. The number of nitrogens with zero attached hydrogens (tertiary/aromatic N) is 4. The van der Waals surface area contributed by atoms with Crippen molar-refractivity contribution < 1.29 is 18.8 Å². The van der Waals surface area contributed by atoms with Crippen molar-refractivity contribution in [3.63, 3.8) is 0 Å². The summed E-state index contributed by atoms with van der Waals surface area (Å²) in [4.78, 5) is 18.3. The molecule has 10 heteroatoms. The predicted molar refractivity (Wildman–Crippen MR) is 198 cm³/mol. The molecule has 260 valence electrons. The van der Waals surface area contributed by atoms with Gasteiger partial charge in [0.2, 0.25) is 0 Å². The summed E-state index contributed by atoms with van der Waals surface area (Å²) >= 11 is -1.27. The maximum absolute atomic E-state index is 13.6. The number of hydrogen-bond acceptors (Lipinski definition) is 7. The van der Waals surface area contributed by atoms with E-state index in [1.165, 1.54) is 0 Å². The highest BCUT2D eigenvalue weighted by molar-refractivity contribution is 7.90. The summed E-state index contributed by atoms with van der Waals surface area (Å²) in [7, 11) is 0. The van der Waals surface area contributed by atoms with Crippen molar-refractivity contribution in [3.05, 3.63) is 89.8 Å². The molecule has 1 atom stereocenters. The molecule has 1 aromatic heterocycles. The van der Waals surface area contributed by atoms with Gasteiger partial charge in [0.05, 0.1) is 19.3 Å². The number of nitrogens with one attached hydrogen (secondary N) is 1. The summed E-state index contributed by atoms with van der Waals surface area (Å²) in [6.45, 7) is 12.9. The fraction of sp³-hybridized carbons (Fsp3) is 0.410. The van der Waals surface area contributed by atoms with Crippen LogP contribution in [-0.4, -0.2) is 58.4 Å². The van der Waals surface area contributed by atoms with Crippen molar-refractivity contribution in [2.75, 3.05) is 43.1 Å². The van der Waals surface area contributed by atoms with Gasteiger partial charge in [0.1, 0.15) is 18.1 Å². The lowest BCUT2D eigenvalue weighted by molar-refractivity contribution is -0.112. The highest BCUT2D eigenvalue weighted by Gasteiger charge is 2.21. The fourth-order valence-electron chi connectivity index (χ4n) is 5.72. The van der Waals surface area contributed by atoms with Gasteiger partial charge in [-0.25, -0.2) is 0 Å². The largest absolute Gasteiger partial charge is 0.611 e. The highest BCUT2D eigenvalue weighted by Crippen LogP contribution is 2.34. The van der Waals surface area contributed by atoms with Crippen LogP contribution < -0.4 is 15.0 Å². The molecule has 0 fully saturated rings. The number of aromatic nitrogens is 3. The van der Waals surface area contributed by atoms with E-state index in [0.29, 0.717) is 47.6 Å². The first-order valence-electron chi connectivity index (χ1n) is 17.4. The lowest BCUT2D eigenvalue weighted by Crippen LogP contribution is -2.29. The van der Waals surface area contributed by atoms with E-state index in [0.717, 1.165) is 79.2 Å². The van der Waals surface area contributed by atoms with E-state index in [1.54, 1.807) is 35.3 Å². The van der Waals surface area contributed by atoms with Gasteiger partial charge in [0, 0.05) is 36.6 Å². The minimum absolute atomic E-state index is 0.135. The van der Waals surface area contributed by atoms with E-state index in [-0.39, 0.29) is 5.91 Å². The molecule has 1 aliphatic rings. The Morgan fingerprint density at radius 1 is 0.980 bits per heavy atom. The Kier molecular flexibility index (Phi) is 13.3. The normalized spacial score (nSPS) is 13.5. The Morgan fingerprint density at radius 2 is 1.76 bits per heavy atom. The zero-order valence-corrected chi connectivity index (χ0v) is 30.0. The molecule has 9 nitrogen and oxygen atoms in total. The first-order chi connectivity index (χ1) is 23.8. The van der Waals surface area contributed by atoms with Gasteiger partial charge in [0.15, 0.2) is 10.6 Å². The third-order valence-electron chi connectivity index (χ3n) is 8.21. The van der Waals surface area contributed by atoms with Gasteiger partial charge < -0.3 is 24.2 Å². The molecule has 1 aliphatic heterocycles. The number of carbonyl (C=O) groups is 1. The number of unbranched alkanes of at least 4 members (excludes halogenated alkanes) is 1. The maximum atomic E-state index is 13.6. The van der Waals surface area contributed by atoms with Crippen molar-refractivity contribution in [1.82, 2.24) is 15.0 Å². The number of amides is 1. The molecule has 0 bridgehead atoms. The summed E-state index contributed by atoms with van der Waals surface area (Å²) in [5, 5.41) is 11.7. The molecule has 1 N–H and O–H groups in total. The lowest BCUT2D eigenvalue weighted by Gasteiger charge is -2.27. The van der Waals surface area contributed by atoms with Crippen LogP contribution in [0, 0.1) is 5.92 Å². The minimum atomic E-state index is -1.27. The molecule has 0 saturated carbocycles. The van der Waals surface area contributed by atoms with E-state index in [1.807, 2.05) is 18.2 Å². The standard InChI is InChI=1S/C39H49N5O4S/c1-5-7-21-47-22-23-48-36-13-8-30(9-14-36)31-10-17-38-33(24-31)25-32(18-20-43(38)27-29(3)4)39(45)41-34-11-15-37(16-12-34)49(46)28-35-26-40-44(42-35)19-6-2/h8-17,24-26,29H,5-7,18-23,27-28H2,1-4H3,(H,41,45). The van der Waals surface area contributed by atoms with E-state index in [2.05, 4.69) is 78.4 Å². The molecule has 0 saturated heterocycles. The van der Waals surface area contributed by atoms with E-state index >= 15 is 0 Å². The van der Waals surface area contributed by atoms with Crippen LogP contribution in [0.15, 0.2) is 83.4 Å². The number of anilines is 2. The first-order valence-corrected chi connectivity index (χ1v) is 18.7. The van der Waals surface area contributed by atoms with Crippen LogP contribution in [0.2, 0.25) is 0 Å². The monoisotopic (exact) mass is 683 g/mol. The van der Waals surface area contributed by atoms with Crippen LogP contribution in [0.25, 0.3) is 17.2 Å². The number of fused-ring (bicyclic) bond motifs is 1. The van der Waals surface area contributed by atoms with Crippen molar-refractivity contribution in [2.45, 2.75) is 70.6 Å². The van der Waals surface area contributed by atoms with Gasteiger partial charge in [-0.05, 0) is 108 Å². The quantitative estimate of drug-likeness (QED) is 0.0897. The molecule has 1 unspecified atom stereocenters. The topological polar surface area (TPSA) is 105 Å². The zero-order chi connectivity index (χ0) is 34.6. The SMILES string of the molecule is CCCCOCCOc1ccc(-c2ccc3c(c2)C=C(C(=O)Nc2ccc([S+]([O-])Cc4cnn(CCC)n4)cc2)CCN3CC(C)C)cc1. The Hall–Kier alpha value is -4.12. The van der Waals surface area contributed by atoms with Crippen molar-refractivity contribution in [1.29, 1.82) is 0 Å². The highest BCUT2D eigenvalue weighted by atomic mass is 32.2. The summed E-state index contributed by atoms with van der Waals surface area (Å²) in [5.74, 6) is 1.45. The van der Waals surface area contributed by atoms with Crippen LogP contribution in [0.5, 0.6) is 5.75 Å². The number of aryl methyl sites for hydroxylation is 1. The summed E-state index contributed by atoms with van der Waals surface area (Å²) in [5.41, 5.74) is 6.38. The average Bonchev–Trinajstić information content (AvgIpc) is 3.46. The molecule has 0 spiro atoms. The molecule has 1 amide bonds. The van der Waals surface area contributed by atoms with E-state index in [4.69, 9.17) is 9.47 Å². The predicted octanol–water partition coefficient (Wildman–Crippen LogP) is 7.75. The van der Waals surface area contributed by atoms with Gasteiger partial charge in [-0.1, -0.05) is 52.3 Å². The number of carbonyl (C=O) groups excluding carboxylic acids is 1. The number of ether oxygens (including phenoxy) is 2. The third-order valence-corrected chi connectivity index (χ3v) is 9.57. The van der Waals surface area contributed by atoms with Gasteiger partial charge in [-0.15, -0.1) is 0 Å². The van der Waals surface area contributed by atoms with Gasteiger partial charge in [0.25, 0.3) is 5.91 Å². The van der Waals surface area contributed by atoms with E-state index < -0.39 is 11.2 Å². The summed E-state index contributed by atoms with van der Waals surface area (Å²) < 4.78 is 24.4. The van der Waals surface area contributed by atoms with Crippen LogP contribution in [0.3, 0.4) is 0 Å². The fourth-order valence-corrected chi connectivity index (χ4v) is 6.73. The molecular formula is C39H49N5O4S. The lowest BCUT2D eigenvalue weighted by atomic mass is 10.00. The molecule has 4 aromatic rings. The number of rotatable bonds is 17. The number of benzene rings is 3. The molecule has 49 heavy (non-hydrogen) atoms. The van der Waals surface area contributed by atoms with Crippen LogP contribution in [0.4, 0.5) is 11.4 Å². The van der Waals surface area contributed by atoms with E-state index in [9.17, 15) is 9.35 Å². The minimum Gasteiger partial charge on any atom is -0.611 e.